The monoisotopic (exact) mass is 819 g/mol. The normalized spacial score (nSPS) is 47.2. The molecule has 19 atom stereocenters. The largest absolute Gasteiger partial charge is 0.459 e. The van der Waals surface area contributed by atoms with Crippen LogP contribution in [0.25, 0.3) is 0 Å². The third-order valence-electron chi connectivity index (χ3n) is 13.9. The molecule has 0 amide bonds. The number of carbonyl (C=O) groups excluding carboxylic acids is 1. The standard InChI is InChI=1S/C43H82N2O12/c1-16-29(17-2)22-44-33-23(4)20-41(10,50)38(57-40-34(46)30(45(13)14)19-24(5)53-40)26(7)35(56-32-21-42(11,52-15)37(48)28(9)54-32)27(8)39(49)55-31(18-3)43(12,51)36(47)25(33)6/h23-38,40,44,46-48,50-51H,16-22H2,1-15H3/t23-,24-,25+,26+,27-,28+,30+,31-,32+,33?,34-,35+,36-,37+,38?,40+,41-,42-,43-/m1/s1. The second kappa shape index (κ2) is 20.7. The van der Waals surface area contributed by atoms with E-state index in [1.54, 1.807) is 34.6 Å². The lowest BCUT2D eigenvalue weighted by atomic mass is 9.72. The molecule has 57 heavy (non-hydrogen) atoms. The van der Waals surface area contributed by atoms with Gasteiger partial charge in [-0.2, -0.15) is 0 Å². The second-order valence-corrected chi connectivity index (χ2v) is 18.8. The minimum absolute atomic E-state index is 0.131. The van der Waals surface area contributed by atoms with Crippen molar-refractivity contribution in [3.05, 3.63) is 0 Å². The molecule has 14 nitrogen and oxygen atoms in total. The maximum atomic E-state index is 14.4. The first-order chi connectivity index (χ1) is 26.4. The summed E-state index contributed by atoms with van der Waals surface area (Å²) in [5, 5.41) is 63.3. The highest BCUT2D eigenvalue weighted by Crippen LogP contribution is 2.41. The van der Waals surface area contributed by atoms with Gasteiger partial charge in [0.05, 0.1) is 47.6 Å². The van der Waals surface area contributed by atoms with Gasteiger partial charge in [-0.3, -0.25) is 4.79 Å². The van der Waals surface area contributed by atoms with E-state index in [4.69, 9.17) is 28.4 Å². The number of nitrogens with zero attached hydrogens (tertiary/aromatic N) is 1. The van der Waals surface area contributed by atoms with Crippen LogP contribution in [0.15, 0.2) is 0 Å². The highest BCUT2D eigenvalue weighted by molar-refractivity contribution is 5.73. The molecule has 3 saturated heterocycles. The Morgan fingerprint density at radius 3 is 2.05 bits per heavy atom. The van der Waals surface area contributed by atoms with Gasteiger partial charge in [-0.25, -0.2) is 0 Å². The zero-order chi connectivity index (χ0) is 43.4. The van der Waals surface area contributed by atoms with Crippen molar-refractivity contribution in [2.24, 2.45) is 29.6 Å². The highest BCUT2D eigenvalue weighted by Gasteiger charge is 2.53. The minimum Gasteiger partial charge on any atom is -0.459 e. The van der Waals surface area contributed by atoms with Crippen LogP contribution < -0.4 is 5.32 Å². The zero-order valence-corrected chi connectivity index (χ0v) is 37.8. The Morgan fingerprint density at radius 1 is 0.895 bits per heavy atom. The van der Waals surface area contributed by atoms with Gasteiger partial charge in [0.15, 0.2) is 12.6 Å². The van der Waals surface area contributed by atoms with E-state index in [0.717, 1.165) is 12.8 Å². The number of hydrogen-bond donors (Lipinski definition) is 6. The first kappa shape index (κ1) is 50.3. The van der Waals surface area contributed by atoms with Crippen molar-refractivity contribution in [2.75, 3.05) is 27.7 Å². The van der Waals surface area contributed by atoms with Crippen LogP contribution in [0.5, 0.6) is 0 Å². The molecule has 3 rings (SSSR count). The van der Waals surface area contributed by atoms with Crippen LogP contribution >= 0.6 is 0 Å². The number of nitrogens with one attached hydrogen (secondary N) is 1. The summed E-state index contributed by atoms with van der Waals surface area (Å²) in [7, 11) is 5.30. The Bertz CT molecular complexity index is 1240. The van der Waals surface area contributed by atoms with Crippen LogP contribution in [-0.4, -0.2) is 154 Å². The lowest BCUT2D eigenvalue weighted by Gasteiger charge is -2.50. The molecule has 2 unspecified atom stereocenters. The lowest BCUT2D eigenvalue weighted by molar-refractivity contribution is -0.318. The quantitative estimate of drug-likeness (QED) is 0.157. The molecule has 3 heterocycles. The molecule has 0 aromatic carbocycles. The first-order valence-electron chi connectivity index (χ1n) is 21.7. The number of methoxy groups -OCH3 is 1. The van der Waals surface area contributed by atoms with Gasteiger partial charge >= 0.3 is 5.97 Å². The van der Waals surface area contributed by atoms with Crippen LogP contribution in [0.4, 0.5) is 0 Å². The van der Waals surface area contributed by atoms with Crippen LogP contribution in [0.2, 0.25) is 0 Å². The summed E-state index contributed by atoms with van der Waals surface area (Å²) in [6.45, 7) is 22.8. The van der Waals surface area contributed by atoms with Crippen molar-refractivity contribution < 1.29 is 58.7 Å². The fraction of sp³-hybridized carbons (Fsp3) is 0.977. The fourth-order valence-electron chi connectivity index (χ4n) is 9.87. The maximum Gasteiger partial charge on any atom is 0.311 e. The SMILES string of the molecule is CCC(CC)CNC1[C@H](C)C[C@@](C)(O)C(O[C@@H]2O[C@H](C)C[C@H](N(C)C)[C@H]2O)[C@@H](C)[C@H](O[C@H]2C[C@@](C)(OC)[C@@H](O)[C@H](C)O2)[C@@H](C)C(=O)O[C@H](CC)[C@@](C)(O)[C@H](O)[C@H]1C. The van der Waals surface area contributed by atoms with Crippen LogP contribution in [0.3, 0.4) is 0 Å². The molecule has 0 aromatic rings. The van der Waals surface area contributed by atoms with Crippen molar-refractivity contribution in [1.29, 1.82) is 0 Å². The average molecular weight is 819 g/mol. The van der Waals surface area contributed by atoms with Crippen molar-refractivity contribution >= 4 is 5.97 Å². The molecule has 14 heteroatoms. The van der Waals surface area contributed by atoms with Gasteiger partial charge in [-0.05, 0) is 93.3 Å². The molecule has 6 N–H and O–H groups in total. The Labute approximate surface area is 343 Å². The third kappa shape index (κ3) is 11.7. The van der Waals surface area contributed by atoms with Crippen molar-refractivity contribution in [2.45, 2.75) is 212 Å². The van der Waals surface area contributed by atoms with Crippen LogP contribution in [0.1, 0.15) is 122 Å². The van der Waals surface area contributed by atoms with Gasteiger partial charge in [0.1, 0.15) is 23.9 Å². The number of aliphatic hydroxyl groups excluding tert-OH is 3. The lowest BCUT2D eigenvalue weighted by Crippen LogP contribution is -2.62. The van der Waals surface area contributed by atoms with E-state index in [-0.39, 0.29) is 43.4 Å². The van der Waals surface area contributed by atoms with Crippen LogP contribution in [-0.2, 0) is 33.2 Å². The molecule has 3 aliphatic rings. The van der Waals surface area contributed by atoms with E-state index in [1.807, 2.05) is 46.7 Å². The van der Waals surface area contributed by atoms with Gasteiger partial charge in [0, 0.05) is 37.5 Å². The Morgan fingerprint density at radius 2 is 1.51 bits per heavy atom. The molecule has 0 bridgehead atoms. The number of ether oxygens (including phenoxy) is 6. The van der Waals surface area contributed by atoms with E-state index in [1.165, 1.54) is 14.0 Å². The number of esters is 1. The molecule has 0 radical (unpaired) electrons. The molecular formula is C43H82N2O12. The van der Waals surface area contributed by atoms with E-state index in [2.05, 4.69) is 19.2 Å². The summed E-state index contributed by atoms with van der Waals surface area (Å²) < 4.78 is 38.0. The summed E-state index contributed by atoms with van der Waals surface area (Å²) in [4.78, 5) is 16.3. The minimum atomic E-state index is -1.83. The van der Waals surface area contributed by atoms with Gasteiger partial charge in [0.25, 0.3) is 0 Å². The van der Waals surface area contributed by atoms with E-state index in [0.29, 0.717) is 18.9 Å². The second-order valence-electron chi connectivity index (χ2n) is 18.8. The number of aliphatic hydroxyl groups is 5. The molecule has 3 aliphatic heterocycles. The number of hydrogen-bond acceptors (Lipinski definition) is 14. The van der Waals surface area contributed by atoms with Gasteiger partial charge < -0.3 is 64.2 Å². The summed E-state index contributed by atoms with van der Waals surface area (Å²) in [5.74, 6) is -2.91. The average Bonchev–Trinajstić information content (AvgIpc) is 3.14. The van der Waals surface area contributed by atoms with Crippen molar-refractivity contribution in [3.8, 4) is 0 Å². The summed E-state index contributed by atoms with van der Waals surface area (Å²) in [6.07, 6.45) is -6.49. The molecule has 0 aromatic heterocycles. The van der Waals surface area contributed by atoms with Gasteiger partial charge in [-0.1, -0.05) is 54.4 Å². The topological polar surface area (TPSA) is 189 Å². The Hall–Kier alpha value is -1.01. The summed E-state index contributed by atoms with van der Waals surface area (Å²) in [6, 6.07) is -0.672. The molecule has 0 aliphatic carbocycles. The smallest absolute Gasteiger partial charge is 0.311 e. The third-order valence-corrected chi connectivity index (χ3v) is 13.9. The zero-order valence-electron chi connectivity index (χ0n) is 37.8. The van der Waals surface area contributed by atoms with Crippen molar-refractivity contribution in [1.82, 2.24) is 10.2 Å². The van der Waals surface area contributed by atoms with E-state index < -0.39 is 95.8 Å². The summed E-state index contributed by atoms with van der Waals surface area (Å²) >= 11 is 0. The van der Waals surface area contributed by atoms with E-state index >= 15 is 0 Å². The fourth-order valence-corrected chi connectivity index (χ4v) is 9.87. The highest BCUT2D eigenvalue weighted by atomic mass is 16.7. The first-order valence-corrected chi connectivity index (χ1v) is 21.7. The number of likely N-dealkylation sites (N-methyl/N-ethyl adjacent to an activating group) is 1. The predicted molar refractivity (Wildman–Crippen MR) is 217 cm³/mol. The van der Waals surface area contributed by atoms with Gasteiger partial charge in [-0.15, -0.1) is 0 Å². The Balaban J connectivity index is 2.24. The molecule has 3 fully saturated rings. The summed E-state index contributed by atoms with van der Waals surface area (Å²) in [5.41, 5.74) is -4.48. The maximum absolute atomic E-state index is 14.4. The van der Waals surface area contributed by atoms with Crippen LogP contribution in [0, 0.1) is 29.6 Å². The number of carbonyl (C=O) groups is 1. The van der Waals surface area contributed by atoms with Crippen molar-refractivity contribution in [3.63, 3.8) is 0 Å². The molecule has 0 spiro atoms. The number of cyclic esters (lactones) is 1. The Kier molecular flexibility index (Phi) is 18.3. The van der Waals surface area contributed by atoms with E-state index in [9.17, 15) is 30.3 Å². The van der Waals surface area contributed by atoms with Gasteiger partial charge in [0.2, 0.25) is 0 Å². The predicted octanol–water partition coefficient (Wildman–Crippen LogP) is 3.61. The molecular weight excluding hydrogens is 736 g/mol. The molecule has 0 saturated carbocycles. The number of rotatable bonds is 12. The molecule has 336 valence electrons.